The topological polar surface area (TPSA) is 400 Å². The fraction of sp³-hybridized carbons (Fsp3) is 0.418. The molecule has 0 bridgehead atoms. The van der Waals surface area contributed by atoms with E-state index in [-0.39, 0.29) is 53.9 Å². The Labute approximate surface area is 852 Å². The normalized spacial score (nSPS) is 19.2. The maximum Gasteiger partial charge on any atom is 0.417 e. The second-order valence-electron chi connectivity index (χ2n) is 38.7. The zero-order valence-corrected chi connectivity index (χ0v) is 86.2. The lowest BCUT2D eigenvalue weighted by atomic mass is 9.94. The van der Waals surface area contributed by atoms with Crippen LogP contribution in [0.5, 0.6) is 0 Å². The highest BCUT2D eigenvalue weighted by Crippen LogP contribution is 2.39. The third-order valence-electron chi connectivity index (χ3n) is 25.0. The summed E-state index contributed by atoms with van der Waals surface area (Å²) in [6, 6.07) is 21.4. The van der Waals surface area contributed by atoms with E-state index < -0.39 is 70.4 Å². The van der Waals surface area contributed by atoms with Crippen LogP contribution in [0.1, 0.15) is 107 Å². The number of anilines is 5. The molecule has 1 amide bonds. The molecule has 3 N–H and O–H groups in total. The molecule has 0 aliphatic carbocycles. The van der Waals surface area contributed by atoms with Crippen LogP contribution >= 0.6 is 23.2 Å². The van der Waals surface area contributed by atoms with Crippen molar-refractivity contribution < 1.29 is 66.8 Å². The van der Waals surface area contributed by atoms with Crippen molar-refractivity contribution in [1.82, 2.24) is 96.8 Å². The number of amides is 1. The number of piperidine rings is 5. The first kappa shape index (κ1) is 106. The molecule has 147 heavy (non-hydrogen) atoms. The standard InChI is InChI=1S/2C20H25ClN6OS.C20H23F3N6OS.C19H19F3N6O.C19H18F3N5O2/c1-13-7-16(25-29(3,4)28)12-26(10-13)20-23-8-14(2)19(24-20)17-9-22-18-6-5-15(21)11-27(17)18;1-13-7-16(25-29(3,4)28)12-26(10-13)20-23-14(2)8-17(24-20)18-9-22-19-6-5-15(21)11-27(18)19;1-13-8-15(27-31(2,3)30)12-28(10-13)19-24-7-6-16(26-19)17-9-25-18-5-4-14(11-29(17)18)20(21,22)23;20-19(21,22)13-3-4-16-25-9-14(28(16)11-13)18-24-6-5-17(26-18)27-7-1-2-12(10-27)8-15(23)29;20-19(21,22)13-3-4-15-24-9-14(27(15)11-13)18-23-6-5-16(25-18)26-7-1-2-12(10-26)8-17(28)29/h2*5-6,8-9,11,13,16H,7,10,12H2,1-4H3;4-7,9,11,13,15H,8,10,12H2,1-3H3;3-6,9,11-12H,1-2,7-8,10H2,(H2,23,29);3-6,9,11-12H,1-2,7-8,10H2,(H,28,29)/t2*13-,16+;13-,15+;;/m111../s1. The summed E-state index contributed by atoms with van der Waals surface area (Å²) in [5.74, 6) is 3.79. The van der Waals surface area contributed by atoms with E-state index in [4.69, 9.17) is 44.0 Å². The number of carbonyl (C=O) groups excluding carboxylic acids is 1. The summed E-state index contributed by atoms with van der Waals surface area (Å²) in [5, 5.41) is 10.3. The van der Waals surface area contributed by atoms with Gasteiger partial charge in [0.2, 0.25) is 23.8 Å². The molecule has 2 unspecified atom stereocenters. The molecule has 0 spiro atoms. The van der Waals surface area contributed by atoms with E-state index in [2.05, 4.69) is 108 Å². The van der Waals surface area contributed by atoms with E-state index in [1.54, 1.807) is 80.5 Å². The van der Waals surface area contributed by atoms with E-state index in [0.29, 0.717) is 136 Å². The monoisotopic (exact) mass is 2130 g/mol. The quantitative estimate of drug-likeness (QED) is 0.0799. The number of hydrogen-bond acceptors (Lipinski definition) is 28. The van der Waals surface area contributed by atoms with Gasteiger partial charge in [-0.1, -0.05) is 44.0 Å². The molecular formula is C98H110Cl2F9N29O6S3. The van der Waals surface area contributed by atoms with Gasteiger partial charge in [0.1, 0.15) is 51.3 Å². The number of alkyl halides is 9. The van der Waals surface area contributed by atoms with Crippen molar-refractivity contribution in [2.24, 2.45) is 48.4 Å². The number of halogens is 11. The largest absolute Gasteiger partial charge is 0.481 e. The Kier molecular flexibility index (Phi) is 31.8. The predicted octanol–water partition coefficient (Wildman–Crippen LogP) is 17.5. The highest BCUT2D eigenvalue weighted by molar-refractivity contribution is 7.92. The SMILES string of the molecule is C[C@@H]1C[C@H](N=S(C)(C)=O)CN(c2nccc(-c3cnc4ccc(C(F)(F)F)cn34)n2)C1.Cc1cc(-c2cnc3ccc(Cl)cn23)nc(N2C[C@H](C)C[C@H](N=S(C)(C)=O)C2)n1.Cc1cnc(N2C[C@H](C)C[C@H](N=S(C)(C)=O)C2)nc1-c1cnc2ccc(Cl)cn12.NC(=O)CC1CCCN(c2ccnc(-c3cnc4ccc(C(F)(F)F)cn34)n2)C1.O=C(O)CC1CCCN(c2ccnc(-c3cnc4ccc(C(F)(F)F)cn34)n2)C1. The van der Waals surface area contributed by atoms with Crippen LogP contribution in [0.25, 0.3) is 85.4 Å². The Balaban J connectivity index is 0.000000131. The van der Waals surface area contributed by atoms with Crippen LogP contribution in [0.3, 0.4) is 0 Å². The van der Waals surface area contributed by atoms with E-state index in [1.807, 2.05) is 92.5 Å². The van der Waals surface area contributed by atoms with Gasteiger partial charge in [0.25, 0.3) is 0 Å². The van der Waals surface area contributed by atoms with Gasteiger partial charge in [0.15, 0.2) is 11.6 Å². The Morgan fingerprint density at radius 2 is 0.776 bits per heavy atom. The molecule has 5 aliphatic heterocycles. The van der Waals surface area contributed by atoms with E-state index >= 15 is 0 Å². The number of fused-ring (bicyclic) bond motifs is 5. The zero-order valence-electron chi connectivity index (χ0n) is 82.2. The first-order chi connectivity index (χ1) is 69.5. The number of nitrogens with two attached hydrogens (primary N) is 1. The number of nitrogens with zero attached hydrogens (tertiary/aromatic N) is 28. The summed E-state index contributed by atoms with van der Waals surface area (Å²) in [6.07, 6.45) is 24.5. The highest BCUT2D eigenvalue weighted by Gasteiger charge is 2.38. The smallest absolute Gasteiger partial charge is 0.417 e. The Hall–Kier alpha value is -13.4. The molecule has 5 fully saturated rings. The van der Waals surface area contributed by atoms with E-state index in [1.165, 1.54) is 50.0 Å². The molecule has 35 nitrogen and oxygen atoms in total. The lowest BCUT2D eigenvalue weighted by Gasteiger charge is -2.35. The van der Waals surface area contributed by atoms with Crippen LogP contribution in [-0.2, 0) is 57.3 Å². The van der Waals surface area contributed by atoms with E-state index in [9.17, 15) is 61.7 Å². The van der Waals surface area contributed by atoms with Crippen molar-refractivity contribution in [1.29, 1.82) is 0 Å². The molecule has 15 aromatic rings. The second kappa shape index (κ2) is 43.9. The first-order valence-corrected chi connectivity index (χ1v) is 55.1. The molecule has 8 atom stereocenters. The van der Waals surface area contributed by atoms with Gasteiger partial charge in [0.05, 0.1) is 110 Å². The highest BCUT2D eigenvalue weighted by atomic mass is 35.5. The number of rotatable bonds is 17. The maximum absolute atomic E-state index is 13.2. The molecule has 49 heteroatoms. The number of carbonyl (C=O) groups is 2. The third kappa shape index (κ3) is 27.1. The molecular weight excluding hydrogens is 2020 g/mol. The molecule has 20 heterocycles. The molecule has 778 valence electrons. The Morgan fingerprint density at radius 1 is 0.408 bits per heavy atom. The van der Waals surface area contributed by atoms with Crippen LogP contribution < -0.4 is 30.2 Å². The Morgan fingerprint density at radius 3 is 1.20 bits per heavy atom. The van der Waals surface area contributed by atoms with Crippen LogP contribution in [0.15, 0.2) is 185 Å². The fourth-order valence-corrected chi connectivity index (χ4v) is 21.9. The number of aromatic nitrogens is 20. The number of primary amides is 1. The summed E-state index contributed by atoms with van der Waals surface area (Å²) < 4.78 is 176. The van der Waals surface area contributed by atoms with Gasteiger partial charge >= 0.3 is 24.5 Å². The van der Waals surface area contributed by atoms with E-state index in [0.717, 1.165) is 160 Å². The van der Waals surface area contributed by atoms with Gasteiger partial charge in [-0.2, -0.15) is 39.5 Å². The van der Waals surface area contributed by atoms with Crippen LogP contribution in [0.4, 0.5) is 69.0 Å². The minimum atomic E-state index is -4.47. The minimum absolute atomic E-state index is 0.0171. The van der Waals surface area contributed by atoms with Crippen LogP contribution in [0.2, 0.25) is 10.0 Å². The first-order valence-electron chi connectivity index (χ1n) is 47.3. The molecule has 5 aliphatic rings. The summed E-state index contributed by atoms with van der Waals surface area (Å²) in [5.41, 5.74) is 12.6. The lowest BCUT2D eigenvalue weighted by molar-refractivity contribution is -0.139. The summed E-state index contributed by atoms with van der Waals surface area (Å²) in [4.78, 5) is 99.5. The van der Waals surface area contributed by atoms with Crippen molar-refractivity contribution in [3.8, 4) is 57.2 Å². The number of pyridine rings is 5. The number of aryl methyl sites for hydroxylation is 2. The maximum atomic E-state index is 13.2. The molecule has 15 aromatic heterocycles. The molecule has 5 saturated heterocycles. The van der Waals surface area contributed by atoms with Crippen molar-refractivity contribution in [2.45, 2.75) is 129 Å². The van der Waals surface area contributed by atoms with Gasteiger partial charge < -0.3 is 35.3 Å². The molecule has 20 rings (SSSR count). The van der Waals surface area contributed by atoms with Crippen molar-refractivity contribution >= 4 is 122 Å². The van der Waals surface area contributed by atoms with Crippen LogP contribution in [0, 0.1) is 43.4 Å². The summed E-state index contributed by atoms with van der Waals surface area (Å²) in [7, 11) is -6.53. The summed E-state index contributed by atoms with van der Waals surface area (Å²) >= 11 is 12.4. The number of carboxylic acid groups (broad SMARTS) is 1. The number of imidazole rings is 5. The van der Waals surface area contributed by atoms with Crippen LogP contribution in [-0.4, -0.2) is 247 Å². The molecule has 0 saturated carbocycles. The number of carboxylic acids is 1. The van der Waals surface area contributed by atoms with Gasteiger partial charge in [-0.15, -0.1) is 0 Å². The van der Waals surface area contributed by atoms with Gasteiger partial charge in [-0.25, -0.2) is 87.8 Å². The van der Waals surface area contributed by atoms with Crippen molar-refractivity contribution in [2.75, 3.05) is 127 Å². The number of hydrogen-bond donors (Lipinski definition) is 2. The fourth-order valence-electron chi connectivity index (χ4n) is 19.0. The molecule has 0 radical (unpaired) electrons. The minimum Gasteiger partial charge on any atom is -0.481 e. The lowest BCUT2D eigenvalue weighted by Crippen LogP contribution is -2.43. The van der Waals surface area contributed by atoms with Crippen molar-refractivity contribution in [3.05, 3.63) is 210 Å². The zero-order chi connectivity index (χ0) is 105. The summed E-state index contributed by atoms with van der Waals surface area (Å²) in [6.45, 7) is 17.4. The Bertz CT molecular complexity index is 7600. The average Bonchev–Trinajstić information content (AvgIpc) is 1.65. The third-order valence-corrected chi connectivity index (χ3v) is 27.9. The van der Waals surface area contributed by atoms with Gasteiger partial charge in [-0.3, -0.25) is 44.2 Å². The van der Waals surface area contributed by atoms with Gasteiger partial charge in [0, 0.05) is 206 Å². The predicted molar refractivity (Wildman–Crippen MR) is 548 cm³/mol. The second-order valence-corrected chi connectivity index (χ2v) is 47.2. The van der Waals surface area contributed by atoms with Gasteiger partial charge in [-0.05, 0) is 179 Å². The number of aliphatic carboxylic acids is 1. The van der Waals surface area contributed by atoms with Crippen molar-refractivity contribution in [3.63, 3.8) is 0 Å². The average molecular weight is 2130 g/mol. The molecule has 0 aromatic carbocycles.